The summed E-state index contributed by atoms with van der Waals surface area (Å²) < 4.78 is 25.5. The molecule has 2 aromatic rings. The lowest BCUT2D eigenvalue weighted by Gasteiger charge is -2.17. The second-order valence-corrected chi connectivity index (χ2v) is 8.54. The second kappa shape index (κ2) is 7.58. The van der Waals surface area contributed by atoms with Crippen molar-refractivity contribution in [2.24, 2.45) is 0 Å². The monoisotopic (exact) mass is 407 g/mol. The smallest absolute Gasteiger partial charge is 0.255 e. The van der Waals surface area contributed by atoms with Crippen molar-refractivity contribution in [3.05, 3.63) is 53.1 Å². The molecule has 1 saturated heterocycles. The summed E-state index contributed by atoms with van der Waals surface area (Å²) >= 11 is 6.12. The van der Waals surface area contributed by atoms with Gasteiger partial charge in [0, 0.05) is 24.7 Å². The summed E-state index contributed by atoms with van der Waals surface area (Å²) in [7, 11) is -3.33. The lowest BCUT2D eigenvalue weighted by atomic mass is 10.1. The molecule has 0 bridgehead atoms. The van der Waals surface area contributed by atoms with Crippen molar-refractivity contribution in [3.63, 3.8) is 0 Å². The van der Waals surface area contributed by atoms with Crippen molar-refractivity contribution in [1.82, 2.24) is 0 Å². The highest BCUT2D eigenvalue weighted by Gasteiger charge is 2.28. The van der Waals surface area contributed by atoms with Crippen molar-refractivity contribution in [2.75, 3.05) is 27.2 Å². The van der Waals surface area contributed by atoms with Gasteiger partial charge in [0.15, 0.2) is 0 Å². The van der Waals surface area contributed by atoms with E-state index < -0.39 is 15.9 Å². The van der Waals surface area contributed by atoms with Crippen LogP contribution in [0.25, 0.3) is 0 Å². The second-order valence-electron chi connectivity index (χ2n) is 6.12. The minimum atomic E-state index is -3.33. The normalized spacial score (nSPS) is 15.4. The van der Waals surface area contributed by atoms with Gasteiger partial charge in [0.25, 0.3) is 5.91 Å². The fourth-order valence-electron chi connectivity index (χ4n) is 2.83. The highest BCUT2D eigenvalue weighted by atomic mass is 35.5. The van der Waals surface area contributed by atoms with Crippen molar-refractivity contribution >= 4 is 50.5 Å². The highest BCUT2D eigenvalue weighted by Crippen LogP contribution is 2.28. The molecule has 9 heteroatoms. The standard InChI is InChI=1S/C18H18ClN3O4S/c1-12(23)20-14-6-7-16(19)17(11-14)21-18(24)13-4-2-5-15(10-13)22-8-3-9-27(22,25)26/h2,4-7,10-11H,3,8-9H2,1H3,(H,20,23)(H,21,24). The van der Waals surface area contributed by atoms with Crippen LogP contribution in [0.4, 0.5) is 17.1 Å². The van der Waals surface area contributed by atoms with Crippen LogP contribution in [0.2, 0.25) is 5.02 Å². The fourth-order valence-corrected chi connectivity index (χ4v) is 4.55. The maximum atomic E-state index is 12.6. The number of benzene rings is 2. The van der Waals surface area contributed by atoms with E-state index in [0.717, 1.165) is 0 Å². The Morgan fingerprint density at radius 3 is 2.56 bits per heavy atom. The molecular weight excluding hydrogens is 390 g/mol. The number of hydrogen-bond acceptors (Lipinski definition) is 4. The molecule has 27 heavy (non-hydrogen) atoms. The van der Waals surface area contributed by atoms with Crippen LogP contribution in [0.5, 0.6) is 0 Å². The molecule has 1 fully saturated rings. The first-order valence-corrected chi connectivity index (χ1v) is 10.2. The molecule has 2 N–H and O–H groups in total. The zero-order valence-corrected chi connectivity index (χ0v) is 16.1. The van der Waals surface area contributed by atoms with Gasteiger partial charge in [-0.1, -0.05) is 17.7 Å². The predicted octanol–water partition coefficient (Wildman–Crippen LogP) is 3.09. The molecule has 0 unspecified atom stereocenters. The molecule has 0 radical (unpaired) electrons. The Bertz CT molecular complexity index is 1010. The van der Waals surface area contributed by atoms with E-state index in [4.69, 9.17) is 11.6 Å². The maximum absolute atomic E-state index is 12.6. The van der Waals surface area contributed by atoms with Crippen LogP contribution in [0.1, 0.15) is 23.7 Å². The van der Waals surface area contributed by atoms with E-state index in [2.05, 4.69) is 10.6 Å². The molecular formula is C18H18ClN3O4S. The van der Waals surface area contributed by atoms with E-state index in [9.17, 15) is 18.0 Å². The third-order valence-corrected chi connectivity index (χ3v) is 6.23. The van der Waals surface area contributed by atoms with Gasteiger partial charge in [-0.15, -0.1) is 0 Å². The van der Waals surface area contributed by atoms with Gasteiger partial charge in [0.1, 0.15) is 0 Å². The largest absolute Gasteiger partial charge is 0.326 e. The quantitative estimate of drug-likeness (QED) is 0.814. The first-order valence-electron chi connectivity index (χ1n) is 8.25. The van der Waals surface area contributed by atoms with Crippen molar-refractivity contribution < 1.29 is 18.0 Å². The molecule has 1 aliphatic heterocycles. The predicted molar refractivity (Wildman–Crippen MR) is 106 cm³/mol. The number of carbonyl (C=O) groups is 2. The summed E-state index contributed by atoms with van der Waals surface area (Å²) in [5.41, 5.74) is 1.60. The molecule has 7 nitrogen and oxygen atoms in total. The average Bonchev–Trinajstić information content (AvgIpc) is 2.96. The minimum absolute atomic E-state index is 0.106. The van der Waals surface area contributed by atoms with Crippen LogP contribution in [0.3, 0.4) is 0 Å². The van der Waals surface area contributed by atoms with Crippen LogP contribution in [0.15, 0.2) is 42.5 Å². The number of halogens is 1. The summed E-state index contributed by atoms with van der Waals surface area (Å²) in [6.45, 7) is 1.78. The molecule has 0 aliphatic carbocycles. The first kappa shape index (κ1) is 19.2. The lowest BCUT2D eigenvalue weighted by Crippen LogP contribution is -2.25. The van der Waals surface area contributed by atoms with E-state index in [1.807, 2.05) is 0 Å². The van der Waals surface area contributed by atoms with Crippen LogP contribution >= 0.6 is 11.6 Å². The Kier molecular flexibility index (Phi) is 5.38. The van der Waals surface area contributed by atoms with Gasteiger partial charge in [0.05, 0.1) is 22.2 Å². The summed E-state index contributed by atoms with van der Waals surface area (Å²) in [6, 6.07) is 11.2. The summed E-state index contributed by atoms with van der Waals surface area (Å²) in [5, 5.41) is 5.62. The topological polar surface area (TPSA) is 95.6 Å². The minimum Gasteiger partial charge on any atom is -0.326 e. The zero-order chi connectivity index (χ0) is 19.6. The molecule has 1 aliphatic rings. The lowest BCUT2D eigenvalue weighted by molar-refractivity contribution is -0.114. The number of amides is 2. The Morgan fingerprint density at radius 2 is 1.89 bits per heavy atom. The fraction of sp³-hybridized carbons (Fsp3) is 0.222. The van der Waals surface area contributed by atoms with Crippen molar-refractivity contribution in [2.45, 2.75) is 13.3 Å². The molecule has 0 spiro atoms. The zero-order valence-electron chi connectivity index (χ0n) is 14.5. The molecule has 2 aromatic carbocycles. The van der Waals surface area contributed by atoms with Gasteiger partial charge < -0.3 is 10.6 Å². The molecule has 0 atom stereocenters. The number of sulfonamides is 1. The molecule has 142 valence electrons. The Labute approximate surface area is 162 Å². The number of hydrogen-bond donors (Lipinski definition) is 2. The van der Waals surface area contributed by atoms with E-state index in [-0.39, 0.29) is 11.7 Å². The summed E-state index contributed by atoms with van der Waals surface area (Å²) in [4.78, 5) is 23.8. The Hall–Kier alpha value is -2.58. The SMILES string of the molecule is CC(=O)Nc1ccc(Cl)c(NC(=O)c2cccc(N3CCCS3(=O)=O)c2)c1. The van der Waals surface area contributed by atoms with Gasteiger partial charge in [0.2, 0.25) is 15.9 Å². The van der Waals surface area contributed by atoms with Gasteiger partial charge in [-0.3, -0.25) is 13.9 Å². The Balaban J connectivity index is 1.83. The van der Waals surface area contributed by atoms with Crippen LogP contribution in [0, 0.1) is 0 Å². The van der Waals surface area contributed by atoms with Crippen molar-refractivity contribution in [3.8, 4) is 0 Å². The third kappa shape index (κ3) is 4.40. The van der Waals surface area contributed by atoms with Gasteiger partial charge in [-0.25, -0.2) is 8.42 Å². The van der Waals surface area contributed by atoms with Crippen molar-refractivity contribution in [1.29, 1.82) is 0 Å². The maximum Gasteiger partial charge on any atom is 0.255 e. The van der Waals surface area contributed by atoms with Crippen LogP contribution in [-0.4, -0.2) is 32.5 Å². The molecule has 3 rings (SSSR count). The average molecular weight is 408 g/mol. The van der Waals surface area contributed by atoms with Gasteiger partial charge >= 0.3 is 0 Å². The third-order valence-electron chi connectivity index (χ3n) is 4.03. The number of rotatable bonds is 4. The summed E-state index contributed by atoms with van der Waals surface area (Å²) in [6.07, 6.45) is 0.560. The number of nitrogens with zero attached hydrogens (tertiary/aromatic N) is 1. The van der Waals surface area contributed by atoms with Crippen LogP contribution in [-0.2, 0) is 14.8 Å². The highest BCUT2D eigenvalue weighted by molar-refractivity contribution is 7.93. The molecule has 1 heterocycles. The first-order chi connectivity index (χ1) is 12.8. The summed E-state index contributed by atoms with van der Waals surface area (Å²) in [5.74, 6) is -0.570. The Morgan fingerprint density at radius 1 is 1.11 bits per heavy atom. The number of nitrogens with one attached hydrogen (secondary N) is 2. The molecule has 0 saturated carbocycles. The van der Waals surface area contributed by atoms with E-state index >= 15 is 0 Å². The number of anilines is 3. The van der Waals surface area contributed by atoms with Gasteiger partial charge in [-0.2, -0.15) is 0 Å². The van der Waals surface area contributed by atoms with E-state index in [1.54, 1.807) is 36.4 Å². The molecule has 2 amide bonds. The molecule has 0 aromatic heterocycles. The van der Waals surface area contributed by atoms with E-state index in [1.165, 1.54) is 17.3 Å². The van der Waals surface area contributed by atoms with Crippen LogP contribution < -0.4 is 14.9 Å². The van der Waals surface area contributed by atoms with E-state index in [0.29, 0.717) is 40.6 Å². The van der Waals surface area contributed by atoms with Gasteiger partial charge in [-0.05, 0) is 42.8 Å². The number of carbonyl (C=O) groups excluding carboxylic acids is 2.